The molecule has 0 N–H and O–H groups in total. The number of benzene rings is 11. The van der Waals surface area contributed by atoms with Gasteiger partial charge in [-0.2, -0.15) is 0 Å². The number of unbranched alkanes of at least 4 members (excludes halogenated alkanes) is 2. The van der Waals surface area contributed by atoms with Crippen molar-refractivity contribution in [2.75, 3.05) is 9.80 Å². The summed E-state index contributed by atoms with van der Waals surface area (Å²) in [5.41, 5.74) is 29.6. The highest BCUT2D eigenvalue weighted by Crippen LogP contribution is 2.53. The average Bonchev–Trinajstić information content (AvgIpc) is 0.745. The van der Waals surface area contributed by atoms with Crippen molar-refractivity contribution < 1.29 is 0 Å². The van der Waals surface area contributed by atoms with Crippen molar-refractivity contribution in [2.45, 2.75) is 105 Å². The molecular weight excluding hydrogens is 1040 g/mol. The summed E-state index contributed by atoms with van der Waals surface area (Å²) in [6, 6.07) is 93.0. The van der Waals surface area contributed by atoms with Gasteiger partial charge in [-0.05, 0) is 152 Å². The van der Waals surface area contributed by atoms with E-state index < -0.39 is 0 Å². The molecule has 11 aromatic carbocycles. The van der Waals surface area contributed by atoms with Crippen molar-refractivity contribution in [3.8, 4) is 50.2 Å². The Bertz CT molecular complexity index is 4320. The summed E-state index contributed by atoms with van der Waals surface area (Å²) in [6.45, 7) is 18.5. The van der Waals surface area contributed by atoms with Gasteiger partial charge in [0.15, 0.2) is 0 Å². The van der Waals surface area contributed by atoms with Crippen LogP contribution in [0.2, 0.25) is 0 Å². The zero-order chi connectivity index (χ0) is 58.8. The molecule has 422 valence electrons. The van der Waals surface area contributed by atoms with Gasteiger partial charge in [-0.1, -0.05) is 256 Å². The lowest BCUT2D eigenvalue weighted by atomic mass is 9.33. The summed E-state index contributed by atoms with van der Waals surface area (Å²) in [4.78, 5) is 5.44. The van der Waals surface area contributed by atoms with E-state index in [0.717, 1.165) is 44.2 Å². The van der Waals surface area contributed by atoms with Gasteiger partial charge < -0.3 is 14.4 Å². The standard InChI is InChI=1S/C82H76BN3/c1-9-11-27-55-41-45-70-74(49-55)85(79-64(57-29-17-13-18-30-57)37-25-38-65(79)58-31-19-14-20-32-58)76-50-56(28-12-10-2)51-77-78(76)83(70)71-46-44-63(84-72-47-42-61(81(3,4)5)52-68(72)69-53-62(82(6,7)8)43-48-73(69)84)54-75(71)86(77)80-66(59-33-21-15-22-34-59)39-26-40-67(80)60-35-23-16-24-36-60/h13-26,29-54H,9-12,27-28H2,1-8H3. The summed E-state index contributed by atoms with van der Waals surface area (Å²) < 4.78 is 2.56. The van der Waals surface area contributed by atoms with Crippen LogP contribution in [0.25, 0.3) is 72.0 Å². The van der Waals surface area contributed by atoms with Crippen molar-refractivity contribution in [1.82, 2.24) is 4.57 Å². The van der Waals surface area contributed by atoms with Crippen molar-refractivity contribution in [3.63, 3.8) is 0 Å². The predicted molar refractivity (Wildman–Crippen MR) is 371 cm³/mol. The fourth-order valence-corrected chi connectivity index (χ4v) is 14.0. The Morgan fingerprint density at radius 1 is 0.349 bits per heavy atom. The normalized spacial score (nSPS) is 12.9. The van der Waals surface area contributed by atoms with Crippen LogP contribution in [-0.4, -0.2) is 11.3 Å². The number of rotatable bonds is 13. The number of para-hydroxylation sites is 2. The van der Waals surface area contributed by atoms with E-state index in [9.17, 15) is 0 Å². The molecule has 0 amide bonds. The van der Waals surface area contributed by atoms with Gasteiger partial charge in [0.1, 0.15) is 0 Å². The zero-order valence-electron chi connectivity index (χ0n) is 51.3. The second kappa shape index (κ2) is 22.1. The number of aromatic nitrogens is 1. The van der Waals surface area contributed by atoms with Gasteiger partial charge in [0.2, 0.25) is 0 Å². The van der Waals surface area contributed by atoms with Gasteiger partial charge >= 0.3 is 0 Å². The third-order valence-corrected chi connectivity index (χ3v) is 18.4. The van der Waals surface area contributed by atoms with Crippen LogP contribution in [0.4, 0.5) is 34.1 Å². The van der Waals surface area contributed by atoms with Crippen LogP contribution in [0.3, 0.4) is 0 Å². The first-order valence-corrected chi connectivity index (χ1v) is 31.5. The molecule has 86 heavy (non-hydrogen) atoms. The maximum atomic E-state index is 2.72. The lowest BCUT2D eigenvalue weighted by Gasteiger charge is -2.46. The number of hydrogen-bond acceptors (Lipinski definition) is 2. The molecule has 0 saturated heterocycles. The quantitative estimate of drug-likeness (QED) is 0.107. The summed E-state index contributed by atoms with van der Waals surface area (Å²) in [6.07, 6.45) is 6.40. The molecule has 0 atom stereocenters. The van der Waals surface area contributed by atoms with Gasteiger partial charge in [-0.15, -0.1) is 0 Å². The number of anilines is 6. The van der Waals surface area contributed by atoms with Crippen LogP contribution in [-0.2, 0) is 23.7 Å². The van der Waals surface area contributed by atoms with Gasteiger partial charge in [0, 0.05) is 61.5 Å². The molecule has 3 heterocycles. The second-order valence-electron chi connectivity index (χ2n) is 26.2. The third-order valence-electron chi connectivity index (χ3n) is 18.4. The molecule has 1 aromatic heterocycles. The minimum atomic E-state index is -0.0954. The molecule has 14 rings (SSSR count). The van der Waals surface area contributed by atoms with Gasteiger partial charge in [-0.3, -0.25) is 0 Å². The van der Waals surface area contributed by atoms with E-state index in [1.54, 1.807) is 0 Å². The fourth-order valence-electron chi connectivity index (χ4n) is 14.0. The zero-order valence-corrected chi connectivity index (χ0v) is 51.3. The van der Waals surface area contributed by atoms with Crippen molar-refractivity contribution in [1.29, 1.82) is 0 Å². The lowest BCUT2D eigenvalue weighted by Crippen LogP contribution is -2.61. The van der Waals surface area contributed by atoms with Crippen molar-refractivity contribution >= 4 is 79.0 Å². The van der Waals surface area contributed by atoms with Crippen molar-refractivity contribution in [2.24, 2.45) is 0 Å². The number of fused-ring (bicyclic) bond motifs is 7. The second-order valence-corrected chi connectivity index (χ2v) is 26.2. The molecule has 0 bridgehead atoms. The van der Waals surface area contributed by atoms with Crippen molar-refractivity contribution in [3.05, 3.63) is 265 Å². The Balaban J connectivity index is 1.14. The first-order chi connectivity index (χ1) is 41.9. The smallest absolute Gasteiger partial charge is 0.252 e. The van der Waals surface area contributed by atoms with Gasteiger partial charge in [-0.25, -0.2) is 0 Å². The highest BCUT2D eigenvalue weighted by atomic mass is 15.2. The maximum Gasteiger partial charge on any atom is 0.252 e. The summed E-state index contributed by atoms with van der Waals surface area (Å²) >= 11 is 0. The predicted octanol–water partition coefficient (Wildman–Crippen LogP) is 20.8. The van der Waals surface area contributed by atoms with Gasteiger partial charge in [0.25, 0.3) is 6.71 Å². The van der Waals surface area contributed by atoms with Gasteiger partial charge in [0.05, 0.1) is 22.4 Å². The van der Waals surface area contributed by atoms with Crippen LogP contribution >= 0.6 is 0 Å². The average molecular weight is 1110 g/mol. The monoisotopic (exact) mass is 1110 g/mol. The minimum absolute atomic E-state index is 0.0171. The molecule has 2 aliphatic heterocycles. The minimum Gasteiger partial charge on any atom is -0.310 e. The Hall–Kier alpha value is -9.12. The largest absolute Gasteiger partial charge is 0.310 e. The van der Waals surface area contributed by atoms with Crippen LogP contribution in [0.1, 0.15) is 103 Å². The van der Waals surface area contributed by atoms with E-state index in [0.29, 0.717) is 0 Å². The molecule has 12 aromatic rings. The fraction of sp³-hybridized carbons (Fsp3) is 0.195. The van der Waals surface area contributed by atoms with Crippen LogP contribution in [0.15, 0.2) is 243 Å². The molecule has 0 fully saturated rings. The third kappa shape index (κ3) is 9.55. The molecule has 0 aliphatic carbocycles. The lowest BCUT2D eigenvalue weighted by molar-refractivity contribution is 0.590. The highest BCUT2D eigenvalue weighted by Gasteiger charge is 2.45. The Kier molecular flexibility index (Phi) is 14.1. The Labute approximate surface area is 510 Å². The van der Waals surface area contributed by atoms with E-state index in [-0.39, 0.29) is 17.5 Å². The maximum absolute atomic E-state index is 2.72. The molecule has 2 aliphatic rings. The molecule has 0 radical (unpaired) electrons. The first kappa shape index (κ1) is 54.8. The first-order valence-electron chi connectivity index (χ1n) is 31.5. The van der Waals surface area contributed by atoms with E-state index in [4.69, 9.17) is 0 Å². The molecular formula is C82H76BN3. The Morgan fingerprint density at radius 2 is 0.733 bits per heavy atom. The number of aryl methyl sites for hydroxylation is 2. The van der Waals surface area contributed by atoms with Crippen LogP contribution in [0.5, 0.6) is 0 Å². The highest BCUT2D eigenvalue weighted by molar-refractivity contribution is 7.00. The SMILES string of the molecule is CCCCc1ccc2c(c1)N(c1c(-c3ccccc3)cccc1-c1ccccc1)c1cc(CCCC)cc3c1B2c1ccc(-n2c4ccc(C(C)(C)C)cc4c4cc(C(C)(C)C)ccc42)cc1N3c1c(-c2ccccc2)cccc1-c1ccccc1. The van der Waals surface area contributed by atoms with E-state index in [2.05, 4.69) is 312 Å². The summed E-state index contributed by atoms with van der Waals surface area (Å²) in [5, 5.41) is 2.57. The van der Waals surface area contributed by atoms with E-state index in [1.165, 1.54) is 139 Å². The number of nitrogens with zero attached hydrogens (tertiary/aromatic N) is 3. The van der Waals surface area contributed by atoms with Crippen LogP contribution in [0, 0.1) is 0 Å². The Morgan fingerprint density at radius 3 is 1.14 bits per heavy atom. The molecule has 0 saturated carbocycles. The molecule has 0 spiro atoms. The molecule has 4 heteroatoms. The topological polar surface area (TPSA) is 11.4 Å². The summed E-state index contributed by atoms with van der Waals surface area (Å²) in [7, 11) is 0. The van der Waals surface area contributed by atoms with Crippen LogP contribution < -0.4 is 26.2 Å². The molecule has 0 unspecified atom stereocenters. The molecule has 3 nitrogen and oxygen atoms in total. The summed E-state index contributed by atoms with van der Waals surface area (Å²) in [5.74, 6) is 0. The van der Waals surface area contributed by atoms with E-state index >= 15 is 0 Å². The van der Waals surface area contributed by atoms with E-state index in [1.807, 2.05) is 0 Å². The number of hydrogen-bond donors (Lipinski definition) is 0.